The van der Waals surface area contributed by atoms with Gasteiger partial charge in [0.1, 0.15) is 4.88 Å². The van der Waals surface area contributed by atoms with Gasteiger partial charge in [-0.1, -0.05) is 0 Å². The molecule has 0 aromatic carbocycles. The lowest BCUT2D eigenvalue weighted by molar-refractivity contribution is 0.0936. The SMILES string of the molecule is Cc1nc(C)c(C(=O)NC2CCc3nn(C)c(=O)cc3C2)s1. The molecule has 3 rings (SSSR count). The van der Waals surface area contributed by atoms with Gasteiger partial charge in [-0.15, -0.1) is 11.3 Å². The Labute approximate surface area is 132 Å². The van der Waals surface area contributed by atoms with Crippen LogP contribution in [0.15, 0.2) is 10.9 Å². The first-order valence-corrected chi connectivity index (χ1v) is 8.06. The van der Waals surface area contributed by atoms with Gasteiger partial charge in [0, 0.05) is 19.2 Å². The smallest absolute Gasteiger partial charge is 0.266 e. The quantitative estimate of drug-likeness (QED) is 0.901. The normalized spacial score (nSPS) is 17.1. The molecule has 2 aromatic heterocycles. The second-order valence-corrected chi connectivity index (χ2v) is 6.84. The third kappa shape index (κ3) is 2.81. The summed E-state index contributed by atoms with van der Waals surface area (Å²) in [4.78, 5) is 29.0. The predicted molar refractivity (Wildman–Crippen MR) is 84.3 cm³/mol. The van der Waals surface area contributed by atoms with Crippen LogP contribution in [0.25, 0.3) is 0 Å². The summed E-state index contributed by atoms with van der Waals surface area (Å²) in [6.07, 6.45) is 2.26. The molecule has 2 heterocycles. The van der Waals surface area contributed by atoms with Crippen LogP contribution in [0, 0.1) is 13.8 Å². The molecule has 1 atom stereocenters. The fourth-order valence-corrected chi connectivity index (χ4v) is 3.63. The Hall–Kier alpha value is -2.02. The third-order valence-corrected chi connectivity index (χ3v) is 4.97. The first-order chi connectivity index (χ1) is 10.4. The van der Waals surface area contributed by atoms with E-state index in [0.717, 1.165) is 34.8 Å². The zero-order valence-corrected chi connectivity index (χ0v) is 13.7. The van der Waals surface area contributed by atoms with E-state index in [1.807, 2.05) is 13.8 Å². The van der Waals surface area contributed by atoms with Gasteiger partial charge in [0.2, 0.25) is 0 Å². The molecule has 7 heteroatoms. The number of aryl methyl sites for hydroxylation is 4. The summed E-state index contributed by atoms with van der Waals surface area (Å²) in [5, 5.41) is 8.24. The molecular formula is C15H18N4O2S. The fourth-order valence-electron chi connectivity index (χ4n) is 2.80. The molecule has 1 N–H and O–H groups in total. The molecule has 22 heavy (non-hydrogen) atoms. The lowest BCUT2D eigenvalue weighted by Gasteiger charge is -2.24. The van der Waals surface area contributed by atoms with Crippen molar-refractivity contribution in [3.63, 3.8) is 0 Å². The van der Waals surface area contributed by atoms with Gasteiger partial charge in [-0.2, -0.15) is 5.10 Å². The maximum absolute atomic E-state index is 12.4. The Morgan fingerprint density at radius 1 is 1.45 bits per heavy atom. The summed E-state index contributed by atoms with van der Waals surface area (Å²) in [6.45, 7) is 3.74. The van der Waals surface area contributed by atoms with Crippen LogP contribution in [0.3, 0.4) is 0 Å². The topological polar surface area (TPSA) is 76.9 Å². The fraction of sp³-hybridized carbons (Fsp3) is 0.467. The van der Waals surface area contributed by atoms with E-state index in [2.05, 4.69) is 15.4 Å². The van der Waals surface area contributed by atoms with Crippen LogP contribution in [0.1, 0.15) is 38.1 Å². The van der Waals surface area contributed by atoms with Gasteiger partial charge in [-0.05, 0) is 38.7 Å². The number of rotatable bonds is 2. The van der Waals surface area contributed by atoms with Crippen LogP contribution < -0.4 is 10.9 Å². The van der Waals surface area contributed by atoms with E-state index in [0.29, 0.717) is 11.3 Å². The molecule has 0 saturated carbocycles. The van der Waals surface area contributed by atoms with Crippen molar-refractivity contribution in [2.45, 2.75) is 39.2 Å². The zero-order chi connectivity index (χ0) is 15.9. The van der Waals surface area contributed by atoms with Crippen LogP contribution in [-0.2, 0) is 19.9 Å². The monoisotopic (exact) mass is 318 g/mol. The Bertz CT molecular complexity index is 793. The maximum Gasteiger partial charge on any atom is 0.266 e. The van der Waals surface area contributed by atoms with Gasteiger partial charge in [-0.3, -0.25) is 9.59 Å². The first kappa shape index (κ1) is 14.9. The van der Waals surface area contributed by atoms with Crippen LogP contribution in [0.5, 0.6) is 0 Å². The van der Waals surface area contributed by atoms with Gasteiger partial charge in [0.05, 0.1) is 16.4 Å². The third-order valence-electron chi connectivity index (χ3n) is 3.90. The summed E-state index contributed by atoms with van der Waals surface area (Å²) in [5.41, 5.74) is 2.56. The molecule has 6 nitrogen and oxygen atoms in total. The minimum Gasteiger partial charge on any atom is -0.348 e. The molecule has 0 spiro atoms. The summed E-state index contributed by atoms with van der Waals surface area (Å²) in [7, 11) is 1.66. The Morgan fingerprint density at radius 2 is 2.23 bits per heavy atom. The van der Waals surface area contributed by atoms with Crippen molar-refractivity contribution in [1.82, 2.24) is 20.1 Å². The van der Waals surface area contributed by atoms with Crippen molar-refractivity contribution < 1.29 is 4.79 Å². The van der Waals surface area contributed by atoms with E-state index < -0.39 is 0 Å². The van der Waals surface area contributed by atoms with Gasteiger partial charge < -0.3 is 5.32 Å². The Balaban J connectivity index is 1.75. The summed E-state index contributed by atoms with van der Waals surface area (Å²) in [6, 6.07) is 1.67. The summed E-state index contributed by atoms with van der Waals surface area (Å²) < 4.78 is 1.36. The lowest BCUT2D eigenvalue weighted by Crippen LogP contribution is -2.40. The first-order valence-electron chi connectivity index (χ1n) is 7.25. The second kappa shape index (κ2) is 5.64. The number of carbonyl (C=O) groups excluding carboxylic acids is 1. The largest absolute Gasteiger partial charge is 0.348 e. The minimum atomic E-state index is -0.111. The molecule has 0 saturated heterocycles. The van der Waals surface area contributed by atoms with Gasteiger partial charge >= 0.3 is 0 Å². The number of amides is 1. The molecule has 0 fully saturated rings. The van der Waals surface area contributed by atoms with Crippen LogP contribution >= 0.6 is 11.3 Å². The highest BCUT2D eigenvalue weighted by atomic mass is 32.1. The Morgan fingerprint density at radius 3 is 2.91 bits per heavy atom. The summed E-state index contributed by atoms with van der Waals surface area (Å²) >= 11 is 1.41. The van der Waals surface area contributed by atoms with Crippen molar-refractivity contribution in [2.24, 2.45) is 7.05 Å². The van der Waals surface area contributed by atoms with Gasteiger partial charge in [-0.25, -0.2) is 9.67 Å². The van der Waals surface area contributed by atoms with Crippen molar-refractivity contribution in [3.8, 4) is 0 Å². The van der Waals surface area contributed by atoms with Gasteiger partial charge in [0.25, 0.3) is 11.5 Å². The molecule has 1 amide bonds. The lowest BCUT2D eigenvalue weighted by atomic mass is 9.92. The molecule has 1 unspecified atom stereocenters. The molecule has 1 aliphatic carbocycles. The molecule has 0 radical (unpaired) electrons. The van der Waals surface area contributed by atoms with Crippen molar-refractivity contribution in [2.75, 3.05) is 0 Å². The molecule has 0 bridgehead atoms. The van der Waals surface area contributed by atoms with E-state index in [4.69, 9.17) is 0 Å². The minimum absolute atomic E-state index is 0.0377. The number of thiazole rings is 1. The highest BCUT2D eigenvalue weighted by Crippen LogP contribution is 2.20. The van der Waals surface area contributed by atoms with Crippen LogP contribution in [-0.4, -0.2) is 26.7 Å². The van der Waals surface area contributed by atoms with Crippen molar-refractivity contribution >= 4 is 17.2 Å². The average Bonchev–Trinajstić information content (AvgIpc) is 2.79. The standard InChI is InChI=1S/C15H18N4O2S/c1-8-14(22-9(2)16-8)15(21)17-11-4-5-12-10(6-11)7-13(20)19(3)18-12/h7,11H,4-6H2,1-3H3,(H,17,21). The molecule has 1 aliphatic rings. The maximum atomic E-state index is 12.4. The van der Waals surface area contributed by atoms with Crippen molar-refractivity contribution in [1.29, 1.82) is 0 Å². The number of hydrogen-bond acceptors (Lipinski definition) is 5. The predicted octanol–water partition coefficient (Wildman–Crippen LogP) is 1.14. The molecule has 2 aromatic rings. The van der Waals surface area contributed by atoms with Crippen LogP contribution in [0.2, 0.25) is 0 Å². The molecular weight excluding hydrogens is 300 g/mol. The average molecular weight is 318 g/mol. The number of nitrogens with one attached hydrogen (secondary N) is 1. The molecule has 116 valence electrons. The van der Waals surface area contributed by atoms with E-state index in [1.54, 1.807) is 13.1 Å². The summed E-state index contributed by atoms with van der Waals surface area (Å²) in [5.74, 6) is -0.0756. The van der Waals surface area contributed by atoms with E-state index in [1.165, 1.54) is 16.0 Å². The number of fused-ring (bicyclic) bond motifs is 1. The number of aromatic nitrogens is 3. The van der Waals surface area contributed by atoms with Crippen molar-refractivity contribution in [3.05, 3.63) is 43.3 Å². The Kier molecular flexibility index (Phi) is 3.82. The highest BCUT2D eigenvalue weighted by molar-refractivity contribution is 7.13. The zero-order valence-electron chi connectivity index (χ0n) is 12.8. The molecule has 0 aliphatic heterocycles. The van der Waals surface area contributed by atoms with E-state index >= 15 is 0 Å². The second-order valence-electron chi connectivity index (χ2n) is 5.64. The van der Waals surface area contributed by atoms with E-state index in [9.17, 15) is 9.59 Å². The van der Waals surface area contributed by atoms with E-state index in [-0.39, 0.29) is 17.5 Å². The van der Waals surface area contributed by atoms with Crippen LogP contribution in [0.4, 0.5) is 0 Å². The van der Waals surface area contributed by atoms with Gasteiger partial charge in [0.15, 0.2) is 0 Å². The highest BCUT2D eigenvalue weighted by Gasteiger charge is 2.24. The number of carbonyl (C=O) groups is 1. The number of hydrogen-bond donors (Lipinski definition) is 1. The number of nitrogens with zero attached hydrogens (tertiary/aromatic N) is 3.